The van der Waals surface area contributed by atoms with Gasteiger partial charge in [-0.15, -0.1) is 0 Å². The molecule has 0 atom stereocenters. The highest BCUT2D eigenvalue weighted by molar-refractivity contribution is 5.80. The van der Waals surface area contributed by atoms with E-state index in [1.54, 1.807) is 0 Å². The zero-order valence-electron chi connectivity index (χ0n) is 17.7. The van der Waals surface area contributed by atoms with Gasteiger partial charge in [0, 0.05) is 31.5 Å². The number of Topliss-reactive ketones (excluding diaryl/α,β-unsaturated/α-hetero) is 1. The smallest absolute Gasteiger partial charge is 0.236 e. The van der Waals surface area contributed by atoms with Crippen LogP contribution in [0.4, 0.5) is 0 Å². The van der Waals surface area contributed by atoms with Crippen LogP contribution in [0.15, 0.2) is 0 Å². The molecule has 4 heteroatoms. The quantitative estimate of drug-likeness (QED) is 0.486. The van der Waals surface area contributed by atoms with Gasteiger partial charge in [-0.3, -0.25) is 9.59 Å². The van der Waals surface area contributed by atoms with Crippen LogP contribution in [-0.2, 0) is 9.59 Å². The third-order valence-corrected chi connectivity index (χ3v) is 5.56. The van der Waals surface area contributed by atoms with E-state index in [0.29, 0.717) is 18.4 Å². The van der Waals surface area contributed by atoms with Crippen molar-refractivity contribution in [2.24, 2.45) is 11.8 Å². The first-order valence-corrected chi connectivity index (χ1v) is 10.9. The number of carbonyl (C=O) groups excluding carboxylic acids is 2. The first kappa shape index (κ1) is 23.1. The SMILES string of the molecule is CC(C)NCC(=O)N1CCC(CCCCCCCCC(=O)C(C)C)CC1. The lowest BCUT2D eigenvalue weighted by molar-refractivity contribution is -0.131. The number of likely N-dealkylation sites (tertiary alicyclic amines) is 1. The second kappa shape index (κ2) is 13.3. The molecule has 1 fully saturated rings. The highest BCUT2D eigenvalue weighted by Gasteiger charge is 2.22. The van der Waals surface area contributed by atoms with Crippen LogP contribution in [-0.4, -0.2) is 42.3 Å². The van der Waals surface area contributed by atoms with Gasteiger partial charge in [0.15, 0.2) is 0 Å². The van der Waals surface area contributed by atoms with Crippen molar-refractivity contribution in [3.63, 3.8) is 0 Å². The monoisotopic (exact) mass is 366 g/mol. The molecule has 1 aliphatic rings. The van der Waals surface area contributed by atoms with Crippen LogP contribution in [0.5, 0.6) is 0 Å². The first-order valence-electron chi connectivity index (χ1n) is 10.9. The third kappa shape index (κ3) is 10.3. The lowest BCUT2D eigenvalue weighted by atomic mass is 9.91. The summed E-state index contributed by atoms with van der Waals surface area (Å²) >= 11 is 0. The van der Waals surface area contributed by atoms with E-state index < -0.39 is 0 Å². The molecule has 0 aromatic heterocycles. The predicted octanol–water partition coefficient (Wildman–Crippen LogP) is 4.57. The van der Waals surface area contributed by atoms with Crippen molar-refractivity contribution in [2.75, 3.05) is 19.6 Å². The molecule has 0 aromatic carbocycles. The molecule has 4 nitrogen and oxygen atoms in total. The molecule has 152 valence electrons. The topological polar surface area (TPSA) is 49.4 Å². The highest BCUT2D eigenvalue weighted by Crippen LogP contribution is 2.23. The fraction of sp³-hybridized carbons (Fsp3) is 0.909. The van der Waals surface area contributed by atoms with Crippen LogP contribution in [0.2, 0.25) is 0 Å². The largest absolute Gasteiger partial charge is 0.342 e. The Morgan fingerprint density at radius 2 is 1.50 bits per heavy atom. The minimum absolute atomic E-state index is 0.197. The molecule has 1 N–H and O–H groups in total. The Kier molecular flexibility index (Phi) is 11.8. The number of rotatable bonds is 13. The lowest BCUT2D eigenvalue weighted by Crippen LogP contribution is -2.44. The summed E-state index contributed by atoms with van der Waals surface area (Å²) in [6.45, 7) is 10.5. The molecule has 0 radical (unpaired) electrons. The summed E-state index contributed by atoms with van der Waals surface area (Å²) in [6.07, 6.45) is 11.9. The first-order chi connectivity index (χ1) is 12.4. The zero-order chi connectivity index (χ0) is 19.4. The number of hydrogen-bond donors (Lipinski definition) is 1. The Balaban J connectivity index is 1.97. The van der Waals surface area contributed by atoms with Crippen LogP contribution < -0.4 is 5.32 Å². The van der Waals surface area contributed by atoms with Crippen molar-refractivity contribution < 1.29 is 9.59 Å². The van der Waals surface area contributed by atoms with E-state index in [2.05, 4.69) is 19.2 Å². The van der Waals surface area contributed by atoms with Gasteiger partial charge in [-0.1, -0.05) is 66.2 Å². The molecule has 1 amide bonds. The van der Waals surface area contributed by atoms with Crippen molar-refractivity contribution in [3.05, 3.63) is 0 Å². The molecular weight excluding hydrogens is 324 g/mol. The maximum absolute atomic E-state index is 12.1. The summed E-state index contributed by atoms with van der Waals surface area (Å²) < 4.78 is 0. The van der Waals surface area contributed by atoms with E-state index in [1.807, 2.05) is 18.7 Å². The number of amides is 1. The average Bonchev–Trinajstić information content (AvgIpc) is 2.62. The number of ketones is 1. The van der Waals surface area contributed by atoms with Gasteiger partial charge in [0.05, 0.1) is 6.54 Å². The van der Waals surface area contributed by atoms with E-state index in [9.17, 15) is 9.59 Å². The van der Waals surface area contributed by atoms with Crippen molar-refractivity contribution in [3.8, 4) is 0 Å². The summed E-state index contributed by atoms with van der Waals surface area (Å²) in [5.74, 6) is 1.67. The van der Waals surface area contributed by atoms with Crippen LogP contribution >= 0.6 is 0 Å². The summed E-state index contributed by atoms with van der Waals surface area (Å²) in [7, 11) is 0. The molecule has 0 aliphatic carbocycles. The Morgan fingerprint density at radius 1 is 0.923 bits per heavy atom. The Labute approximate surface area is 161 Å². The number of nitrogens with zero attached hydrogens (tertiary/aromatic N) is 1. The van der Waals surface area contributed by atoms with E-state index in [1.165, 1.54) is 51.4 Å². The van der Waals surface area contributed by atoms with Crippen molar-refractivity contribution in [1.29, 1.82) is 0 Å². The number of nitrogens with one attached hydrogen (secondary N) is 1. The van der Waals surface area contributed by atoms with Gasteiger partial charge in [-0.05, 0) is 25.2 Å². The Hall–Kier alpha value is -0.900. The number of piperidine rings is 1. The summed E-state index contributed by atoms with van der Waals surface area (Å²) in [4.78, 5) is 25.7. The summed E-state index contributed by atoms with van der Waals surface area (Å²) in [5, 5.41) is 3.22. The molecule has 0 spiro atoms. The maximum atomic E-state index is 12.1. The van der Waals surface area contributed by atoms with Gasteiger partial charge in [0.25, 0.3) is 0 Å². The van der Waals surface area contributed by atoms with Crippen molar-refractivity contribution in [1.82, 2.24) is 10.2 Å². The molecule has 0 bridgehead atoms. The van der Waals surface area contributed by atoms with Gasteiger partial charge >= 0.3 is 0 Å². The normalized spacial score (nSPS) is 15.8. The predicted molar refractivity (Wildman–Crippen MR) is 109 cm³/mol. The molecule has 0 unspecified atom stereocenters. The molecule has 1 rings (SSSR count). The van der Waals surface area contributed by atoms with E-state index in [-0.39, 0.29) is 11.8 Å². The molecule has 1 aliphatic heterocycles. The van der Waals surface area contributed by atoms with E-state index >= 15 is 0 Å². The average molecular weight is 367 g/mol. The molecular formula is C22H42N2O2. The van der Waals surface area contributed by atoms with E-state index in [0.717, 1.165) is 31.8 Å². The van der Waals surface area contributed by atoms with Gasteiger partial charge in [0.2, 0.25) is 5.91 Å². The van der Waals surface area contributed by atoms with Crippen LogP contribution in [0.1, 0.15) is 91.9 Å². The molecule has 0 aromatic rings. The van der Waals surface area contributed by atoms with Crippen LogP contribution in [0.3, 0.4) is 0 Å². The molecule has 0 saturated carbocycles. The molecule has 1 heterocycles. The second-order valence-corrected chi connectivity index (χ2v) is 8.64. The third-order valence-electron chi connectivity index (χ3n) is 5.56. The zero-order valence-corrected chi connectivity index (χ0v) is 17.7. The second-order valence-electron chi connectivity index (χ2n) is 8.64. The Morgan fingerprint density at radius 3 is 2.08 bits per heavy atom. The van der Waals surface area contributed by atoms with E-state index in [4.69, 9.17) is 0 Å². The molecule has 1 saturated heterocycles. The van der Waals surface area contributed by atoms with Gasteiger partial charge in [-0.25, -0.2) is 0 Å². The molecule has 26 heavy (non-hydrogen) atoms. The lowest BCUT2D eigenvalue weighted by Gasteiger charge is -2.32. The van der Waals surface area contributed by atoms with Gasteiger partial charge in [0.1, 0.15) is 5.78 Å². The van der Waals surface area contributed by atoms with Gasteiger partial charge < -0.3 is 10.2 Å². The van der Waals surface area contributed by atoms with Crippen molar-refractivity contribution in [2.45, 2.75) is 97.9 Å². The van der Waals surface area contributed by atoms with Crippen LogP contribution in [0, 0.1) is 11.8 Å². The summed E-state index contributed by atoms with van der Waals surface area (Å²) in [6, 6.07) is 0.368. The Bertz CT molecular complexity index is 399. The standard InChI is InChI=1S/C22H42N2O2/c1-18(2)21(25)12-10-8-6-5-7-9-11-20-13-15-24(16-14-20)22(26)17-23-19(3)4/h18-20,23H,5-17H2,1-4H3. The fourth-order valence-corrected chi connectivity index (χ4v) is 3.60. The van der Waals surface area contributed by atoms with Gasteiger partial charge in [-0.2, -0.15) is 0 Å². The number of hydrogen-bond acceptors (Lipinski definition) is 3. The minimum Gasteiger partial charge on any atom is -0.342 e. The number of unbranched alkanes of at least 4 members (excludes halogenated alkanes) is 5. The summed E-state index contributed by atoms with van der Waals surface area (Å²) in [5.41, 5.74) is 0. The van der Waals surface area contributed by atoms with Crippen LogP contribution in [0.25, 0.3) is 0 Å². The highest BCUT2D eigenvalue weighted by atomic mass is 16.2. The maximum Gasteiger partial charge on any atom is 0.236 e. The minimum atomic E-state index is 0.197. The number of carbonyl (C=O) groups is 2. The van der Waals surface area contributed by atoms with Crippen molar-refractivity contribution >= 4 is 11.7 Å². The fourth-order valence-electron chi connectivity index (χ4n) is 3.60.